The summed E-state index contributed by atoms with van der Waals surface area (Å²) in [5.74, 6) is 3.46. The largest absolute Gasteiger partial charge is 0.379 e. The van der Waals surface area contributed by atoms with E-state index in [0.717, 1.165) is 51.8 Å². The van der Waals surface area contributed by atoms with Gasteiger partial charge in [-0.2, -0.15) is 11.8 Å². The van der Waals surface area contributed by atoms with E-state index in [0.29, 0.717) is 0 Å². The van der Waals surface area contributed by atoms with Crippen LogP contribution in [0.15, 0.2) is 22.5 Å². The van der Waals surface area contributed by atoms with Crippen LogP contribution in [-0.4, -0.2) is 86.3 Å². The average Bonchev–Trinajstić information content (AvgIpc) is 3.34. The molecule has 1 aromatic heterocycles. The third kappa shape index (κ3) is 4.90. The van der Waals surface area contributed by atoms with Crippen LogP contribution in [0.5, 0.6) is 0 Å². The van der Waals surface area contributed by atoms with Crippen LogP contribution in [-0.2, 0) is 11.2 Å². The summed E-state index contributed by atoms with van der Waals surface area (Å²) in [7, 11) is 4.02. The molecule has 1 N–H and O–H groups in total. The topological polar surface area (TPSA) is 40.1 Å². The van der Waals surface area contributed by atoms with E-state index in [4.69, 9.17) is 4.74 Å². The molecule has 0 spiro atoms. The molecule has 2 fully saturated rings. The number of rotatable bonds is 6. The van der Waals surface area contributed by atoms with Gasteiger partial charge in [0.2, 0.25) is 0 Å². The van der Waals surface area contributed by atoms with Crippen molar-refractivity contribution in [2.24, 2.45) is 4.99 Å². The summed E-state index contributed by atoms with van der Waals surface area (Å²) in [6, 6.07) is 4.33. The number of nitrogens with zero attached hydrogens (tertiary/aromatic N) is 3. The zero-order valence-corrected chi connectivity index (χ0v) is 17.0. The summed E-state index contributed by atoms with van der Waals surface area (Å²) in [6.07, 6.45) is 2.32. The molecule has 5 nitrogen and oxygen atoms in total. The molecule has 3 rings (SSSR count). The zero-order chi connectivity index (χ0) is 17.5. The molecule has 0 aromatic carbocycles. The lowest BCUT2D eigenvalue weighted by Gasteiger charge is -2.43. The lowest BCUT2D eigenvalue weighted by Crippen LogP contribution is -2.60. The van der Waals surface area contributed by atoms with Gasteiger partial charge in [0.1, 0.15) is 0 Å². The van der Waals surface area contributed by atoms with Crippen LogP contribution >= 0.6 is 23.1 Å². The first-order chi connectivity index (χ1) is 12.2. The Morgan fingerprint density at radius 1 is 1.44 bits per heavy atom. The average molecular weight is 383 g/mol. The maximum Gasteiger partial charge on any atom is 0.193 e. The van der Waals surface area contributed by atoms with Crippen LogP contribution in [0.25, 0.3) is 0 Å². The number of thiophene rings is 1. The van der Waals surface area contributed by atoms with E-state index in [1.807, 2.05) is 18.4 Å². The van der Waals surface area contributed by atoms with E-state index >= 15 is 0 Å². The first-order valence-corrected chi connectivity index (χ1v) is 11.1. The SMILES string of the molecule is CN=C(NCC1(N2CCOCC2)CCSC1)N(C)CCc1cccs1. The first-order valence-electron chi connectivity index (χ1n) is 9.08. The zero-order valence-electron chi connectivity index (χ0n) is 15.4. The van der Waals surface area contributed by atoms with Crippen LogP contribution in [0.1, 0.15) is 11.3 Å². The van der Waals surface area contributed by atoms with Gasteiger partial charge in [0.25, 0.3) is 0 Å². The number of guanidine groups is 1. The molecular formula is C18H30N4OS2. The Kier molecular flexibility index (Phi) is 7.04. The normalized spacial score (nSPS) is 25.3. The first kappa shape index (κ1) is 19.0. The smallest absolute Gasteiger partial charge is 0.193 e. The second-order valence-corrected chi connectivity index (χ2v) is 8.92. The minimum atomic E-state index is 0.249. The highest BCUT2D eigenvalue weighted by Gasteiger charge is 2.40. The van der Waals surface area contributed by atoms with Crippen LogP contribution < -0.4 is 5.32 Å². The molecule has 1 aromatic rings. The predicted octanol–water partition coefficient (Wildman–Crippen LogP) is 2.01. The van der Waals surface area contributed by atoms with E-state index in [1.54, 1.807) is 0 Å². The van der Waals surface area contributed by atoms with Gasteiger partial charge in [-0.25, -0.2) is 0 Å². The summed E-state index contributed by atoms with van der Waals surface area (Å²) < 4.78 is 5.56. The number of hydrogen-bond acceptors (Lipinski definition) is 5. The van der Waals surface area contributed by atoms with Crippen LogP contribution in [0.4, 0.5) is 0 Å². The van der Waals surface area contributed by atoms with Crippen molar-refractivity contribution < 1.29 is 4.74 Å². The van der Waals surface area contributed by atoms with Gasteiger partial charge in [-0.15, -0.1) is 11.3 Å². The van der Waals surface area contributed by atoms with Gasteiger partial charge in [-0.3, -0.25) is 9.89 Å². The second kappa shape index (κ2) is 9.26. The van der Waals surface area contributed by atoms with Crippen LogP contribution in [0.2, 0.25) is 0 Å². The molecule has 3 heterocycles. The fourth-order valence-electron chi connectivity index (χ4n) is 3.60. The second-order valence-electron chi connectivity index (χ2n) is 6.78. The van der Waals surface area contributed by atoms with E-state index < -0.39 is 0 Å². The number of likely N-dealkylation sites (N-methyl/N-ethyl adjacent to an activating group) is 1. The number of nitrogens with one attached hydrogen (secondary N) is 1. The summed E-state index contributed by atoms with van der Waals surface area (Å²) in [4.78, 5) is 10.8. The van der Waals surface area contributed by atoms with Crippen molar-refractivity contribution in [1.29, 1.82) is 0 Å². The highest BCUT2D eigenvalue weighted by Crippen LogP contribution is 2.33. The molecule has 0 saturated carbocycles. The molecule has 140 valence electrons. The molecule has 25 heavy (non-hydrogen) atoms. The number of aliphatic imine (C=N–C) groups is 1. The minimum absolute atomic E-state index is 0.249. The van der Waals surface area contributed by atoms with E-state index in [1.165, 1.54) is 22.8 Å². The van der Waals surface area contributed by atoms with Gasteiger partial charge in [-0.1, -0.05) is 6.07 Å². The lowest BCUT2D eigenvalue weighted by molar-refractivity contribution is -0.0121. The maximum atomic E-state index is 5.56. The number of thioether (sulfide) groups is 1. The summed E-state index contributed by atoms with van der Waals surface area (Å²) in [6.45, 7) is 5.78. The van der Waals surface area contributed by atoms with Crippen molar-refractivity contribution in [3.8, 4) is 0 Å². The maximum absolute atomic E-state index is 5.56. The molecule has 0 amide bonds. The quantitative estimate of drug-likeness (QED) is 0.602. The molecule has 0 bridgehead atoms. The standard InChI is InChI=1S/C18H30N4OS2/c1-19-17(21(2)7-5-16-4-3-12-25-16)20-14-18(6-13-24-15-18)22-8-10-23-11-9-22/h3-4,12H,5-11,13-15H2,1-2H3,(H,19,20). The summed E-state index contributed by atoms with van der Waals surface area (Å²) in [5.41, 5.74) is 0.249. The lowest BCUT2D eigenvalue weighted by atomic mass is 9.95. The fourth-order valence-corrected chi connectivity index (χ4v) is 5.78. The Hall–Kier alpha value is -0.760. The predicted molar refractivity (Wildman–Crippen MR) is 109 cm³/mol. The Bertz CT molecular complexity index is 537. The van der Waals surface area contributed by atoms with Gasteiger partial charge in [0, 0.05) is 56.4 Å². The number of hydrogen-bond donors (Lipinski definition) is 1. The Labute approximate surface area is 159 Å². The van der Waals surface area contributed by atoms with Gasteiger partial charge in [-0.05, 0) is 30.0 Å². The summed E-state index contributed by atoms with van der Waals surface area (Å²) in [5, 5.41) is 5.81. The summed E-state index contributed by atoms with van der Waals surface area (Å²) >= 11 is 3.90. The molecule has 1 atom stereocenters. The molecule has 2 aliphatic heterocycles. The van der Waals surface area contributed by atoms with Crippen molar-refractivity contribution in [2.45, 2.75) is 18.4 Å². The van der Waals surface area contributed by atoms with Gasteiger partial charge >= 0.3 is 0 Å². The van der Waals surface area contributed by atoms with Crippen molar-refractivity contribution in [1.82, 2.24) is 15.1 Å². The molecule has 0 aliphatic carbocycles. The Balaban J connectivity index is 1.54. The molecule has 7 heteroatoms. The Morgan fingerprint density at radius 2 is 2.28 bits per heavy atom. The third-order valence-corrected chi connectivity index (χ3v) is 7.36. The van der Waals surface area contributed by atoms with Crippen molar-refractivity contribution in [3.63, 3.8) is 0 Å². The highest BCUT2D eigenvalue weighted by molar-refractivity contribution is 7.99. The van der Waals surface area contributed by atoms with Crippen molar-refractivity contribution in [2.75, 3.05) is 65.0 Å². The van der Waals surface area contributed by atoms with E-state index in [-0.39, 0.29) is 5.54 Å². The number of morpholine rings is 1. The highest BCUT2D eigenvalue weighted by atomic mass is 32.2. The van der Waals surface area contributed by atoms with Crippen molar-refractivity contribution >= 4 is 29.1 Å². The minimum Gasteiger partial charge on any atom is -0.379 e. The molecule has 2 saturated heterocycles. The molecular weight excluding hydrogens is 352 g/mol. The van der Waals surface area contributed by atoms with Crippen LogP contribution in [0.3, 0.4) is 0 Å². The van der Waals surface area contributed by atoms with Crippen molar-refractivity contribution in [3.05, 3.63) is 22.4 Å². The van der Waals surface area contributed by atoms with Gasteiger partial charge in [0.05, 0.1) is 13.2 Å². The molecule has 1 unspecified atom stereocenters. The number of ether oxygens (including phenoxy) is 1. The van der Waals surface area contributed by atoms with Gasteiger partial charge in [0.15, 0.2) is 5.96 Å². The van der Waals surface area contributed by atoms with Crippen LogP contribution in [0, 0.1) is 0 Å². The van der Waals surface area contributed by atoms with E-state index in [2.05, 4.69) is 56.4 Å². The Morgan fingerprint density at radius 3 is 2.92 bits per heavy atom. The molecule has 0 radical (unpaired) electrons. The third-order valence-electron chi connectivity index (χ3n) is 5.19. The van der Waals surface area contributed by atoms with E-state index in [9.17, 15) is 0 Å². The molecule has 2 aliphatic rings. The van der Waals surface area contributed by atoms with Gasteiger partial charge < -0.3 is 15.0 Å². The fraction of sp³-hybridized carbons (Fsp3) is 0.722. The monoisotopic (exact) mass is 382 g/mol.